The van der Waals surface area contributed by atoms with Crippen molar-refractivity contribution < 1.29 is 4.79 Å². The molecule has 3 heteroatoms. The normalized spacial score (nSPS) is 24.8. The first kappa shape index (κ1) is 13.9. The van der Waals surface area contributed by atoms with Crippen LogP contribution >= 0.6 is 0 Å². The number of piperidine rings is 1. The van der Waals surface area contributed by atoms with E-state index >= 15 is 0 Å². The minimum absolute atomic E-state index is 0.0321. The number of likely N-dealkylation sites (tertiary alicyclic amines) is 1. The van der Waals surface area contributed by atoms with E-state index in [2.05, 4.69) is 18.7 Å². The van der Waals surface area contributed by atoms with Gasteiger partial charge in [-0.05, 0) is 38.0 Å². The van der Waals surface area contributed by atoms with Crippen molar-refractivity contribution in [1.82, 2.24) is 4.90 Å². The highest BCUT2D eigenvalue weighted by molar-refractivity contribution is 5.83. The van der Waals surface area contributed by atoms with Crippen molar-refractivity contribution in [3.8, 4) is 0 Å². The Kier molecular flexibility index (Phi) is 4.31. The van der Waals surface area contributed by atoms with Gasteiger partial charge in [0.05, 0.1) is 0 Å². The zero-order valence-electron chi connectivity index (χ0n) is 12.0. The van der Waals surface area contributed by atoms with Gasteiger partial charge in [-0.3, -0.25) is 4.79 Å². The van der Waals surface area contributed by atoms with Gasteiger partial charge in [0.1, 0.15) is 0 Å². The lowest BCUT2D eigenvalue weighted by Crippen LogP contribution is -2.49. The van der Waals surface area contributed by atoms with Gasteiger partial charge in [-0.1, -0.05) is 26.7 Å². The molecular weight excluding hydrogens is 224 g/mol. The smallest absolute Gasteiger partial charge is 0.228 e. The van der Waals surface area contributed by atoms with Crippen LogP contribution in [0.25, 0.3) is 0 Å². The second-order valence-corrected chi connectivity index (χ2v) is 6.72. The van der Waals surface area contributed by atoms with Crippen molar-refractivity contribution in [2.45, 2.75) is 64.8 Å². The molecule has 0 bridgehead atoms. The summed E-state index contributed by atoms with van der Waals surface area (Å²) in [5.74, 6) is 1.04. The lowest BCUT2D eigenvalue weighted by atomic mass is 9.77. The zero-order valence-corrected chi connectivity index (χ0v) is 12.0. The minimum Gasteiger partial charge on any atom is -0.342 e. The van der Waals surface area contributed by atoms with E-state index in [1.807, 2.05) is 0 Å². The SMILES string of the molecule is CC(C)CC1(C(=O)N2CCC(N)CC2)CCCC1. The summed E-state index contributed by atoms with van der Waals surface area (Å²) in [6.07, 6.45) is 7.68. The highest BCUT2D eigenvalue weighted by Crippen LogP contribution is 2.44. The Bertz CT molecular complexity index is 287. The molecule has 2 N–H and O–H groups in total. The van der Waals surface area contributed by atoms with Gasteiger partial charge in [0.2, 0.25) is 5.91 Å². The Morgan fingerprint density at radius 2 is 1.83 bits per heavy atom. The Morgan fingerprint density at radius 1 is 1.28 bits per heavy atom. The Hall–Kier alpha value is -0.570. The van der Waals surface area contributed by atoms with Crippen LogP contribution in [0.1, 0.15) is 58.8 Å². The zero-order chi connectivity index (χ0) is 13.2. The van der Waals surface area contributed by atoms with E-state index in [1.165, 1.54) is 12.8 Å². The maximum atomic E-state index is 12.8. The summed E-state index contributed by atoms with van der Waals surface area (Å²) in [7, 11) is 0. The van der Waals surface area contributed by atoms with Crippen LogP contribution in [0.3, 0.4) is 0 Å². The van der Waals surface area contributed by atoms with Crippen LogP contribution in [0.2, 0.25) is 0 Å². The van der Waals surface area contributed by atoms with Crippen molar-refractivity contribution >= 4 is 5.91 Å². The van der Waals surface area contributed by atoms with Gasteiger partial charge in [0, 0.05) is 24.5 Å². The summed E-state index contributed by atoms with van der Waals surface area (Å²) in [6, 6.07) is 0.304. The third kappa shape index (κ3) is 2.87. The largest absolute Gasteiger partial charge is 0.342 e. The molecule has 104 valence electrons. The molecule has 0 atom stereocenters. The van der Waals surface area contributed by atoms with Gasteiger partial charge >= 0.3 is 0 Å². The van der Waals surface area contributed by atoms with E-state index in [4.69, 9.17) is 5.73 Å². The quantitative estimate of drug-likeness (QED) is 0.839. The summed E-state index contributed by atoms with van der Waals surface area (Å²) in [4.78, 5) is 14.9. The van der Waals surface area contributed by atoms with Crippen LogP contribution in [-0.4, -0.2) is 29.9 Å². The van der Waals surface area contributed by atoms with Gasteiger partial charge in [-0.25, -0.2) is 0 Å². The molecule has 2 rings (SSSR count). The van der Waals surface area contributed by atoms with Crippen molar-refractivity contribution in [2.75, 3.05) is 13.1 Å². The van der Waals surface area contributed by atoms with E-state index in [1.54, 1.807) is 0 Å². The molecule has 0 radical (unpaired) electrons. The predicted octanol–water partition coefficient (Wildman–Crippen LogP) is 2.54. The highest BCUT2D eigenvalue weighted by atomic mass is 16.2. The van der Waals surface area contributed by atoms with Crippen molar-refractivity contribution in [3.05, 3.63) is 0 Å². The van der Waals surface area contributed by atoms with Crippen LogP contribution in [0.5, 0.6) is 0 Å². The van der Waals surface area contributed by atoms with E-state index in [0.29, 0.717) is 17.9 Å². The monoisotopic (exact) mass is 252 g/mol. The van der Waals surface area contributed by atoms with Crippen LogP contribution in [-0.2, 0) is 4.79 Å². The molecule has 2 aliphatic rings. The van der Waals surface area contributed by atoms with E-state index in [0.717, 1.165) is 45.2 Å². The number of carbonyl (C=O) groups excluding carboxylic acids is 1. The van der Waals surface area contributed by atoms with Gasteiger partial charge in [-0.2, -0.15) is 0 Å². The summed E-state index contributed by atoms with van der Waals surface area (Å²) in [5.41, 5.74) is 5.89. The average molecular weight is 252 g/mol. The molecule has 1 heterocycles. The minimum atomic E-state index is -0.0321. The van der Waals surface area contributed by atoms with E-state index in [-0.39, 0.29) is 5.41 Å². The average Bonchev–Trinajstić information content (AvgIpc) is 2.78. The Balaban J connectivity index is 2.04. The first-order valence-corrected chi connectivity index (χ1v) is 7.58. The summed E-state index contributed by atoms with van der Waals surface area (Å²) in [5, 5.41) is 0. The molecule has 1 aliphatic heterocycles. The predicted molar refractivity (Wildman–Crippen MR) is 74.1 cm³/mol. The number of rotatable bonds is 3. The molecule has 0 aromatic carbocycles. The van der Waals surface area contributed by atoms with E-state index < -0.39 is 0 Å². The number of hydrogen-bond donors (Lipinski definition) is 1. The lowest BCUT2D eigenvalue weighted by Gasteiger charge is -2.38. The molecule has 1 saturated carbocycles. The molecule has 2 fully saturated rings. The molecule has 1 aliphatic carbocycles. The highest BCUT2D eigenvalue weighted by Gasteiger charge is 2.43. The fraction of sp³-hybridized carbons (Fsp3) is 0.933. The summed E-state index contributed by atoms with van der Waals surface area (Å²) >= 11 is 0. The molecule has 1 saturated heterocycles. The molecule has 0 unspecified atom stereocenters. The fourth-order valence-corrected chi connectivity index (χ4v) is 3.78. The van der Waals surface area contributed by atoms with Crippen molar-refractivity contribution in [2.24, 2.45) is 17.1 Å². The number of nitrogens with zero attached hydrogens (tertiary/aromatic N) is 1. The first-order valence-electron chi connectivity index (χ1n) is 7.58. The van der Waals surface area contributed by atoms with Crippen LogP contribution in [0.15, 0.2) is 0 Å². The fourth-order valence-electron chi connectivity index (χ4n) is 3.78. The van der Waals surface area contributed by atoms with Gasteiger partial charge in [-0.15, -0.1) is 0 Å². The molecule has 1 amide bonds. The second-order valence-electron chi connectivity index (χ2n) is 6.72. The van der Waals surface area contributed by atoms with E-state index in [9.17, 15) is 4.79 Å². The number of carbonyl (C=O) groups is 1. The van der Waals surface area contributed by atoms with Crippen LogP contribution < -0.4 is 5.73 Å². The maximum absolute atomic E-state index is 12.8. The van der Waals surface area contributed by atoms with Crippen molar-refractivity contribution in [3.63, 3.8) is 0 Å². The third-order valence-corrected chi connectivity index (χ3v) is 4.64. The topological polar surface area (TPSA) is 46.3 Å². The van der Waals surface area contributed by atoms with Crippen LogP contribution in [0, 0.1) is 11.3 Å². The number of amides is 1. The first-order chi connectivity index (χ1) is 8.53. The Morgan fingerprint density at radius 3 is 2.33 bits per heavy atom. The maximum Gasteiger partial charge on any atom is 0.228 e. The molecule has 3 nitrogen and oxygen atoms in total. The molecule has 0 aromatic heterocycles. The summed E-state index contributed by atoms with van der Waals surface area (Å²) < 4.78 is 0. The molecular formula is C15H28N2O. The Labute approximate surface area is 111 Å². The molecule has 0 spiro atoms. The number of hydrogen-bond acceptors (Lipinski definition) is 2. The van der Waals surface area contributed by atoms with Crippen LogP contribution in [0.4, 0.5) is 0 Å². The van der Waals surface area contributed by atoms with Gasteiger partial charge in [0.25, 0.3) is 0 Å². The third-order valence-electron chi connectivity index (χ3n) is 4.64. The van der Waals surface area contributed by atoms with Gasteiger partial charge < -0.3 is 10.6 Å². The molecule has 0 aromatic rings. The lowest BCUT2D eigenvalue weighted by molar-refractivity contribution is -0.144. The summed E-state index contributed by atoms with van der Waals surface area (Å²) in [6.45, 7) is 6.22. The molecule has 18 heavy (non-hydrogen) atoms. The van der Waals surface area contributed by atoms with Gasteiger partial charge in [0.15, 0.2) is 0 Å². The second kappa shape index (κ2) is 5.60. The van der Waals surface area contributed by atoms with Crippen molar-refractivity contribution in [1.29, 1.82) is 0 Å². The number of nitrogens with two attached hydrogens (primary N) is 1. The standard InChI is InChI=1S/C15H28N2O/c1-12(2)11-15(7-3-4-8-15)14(18)17-9-5-13(16)6-10-17/h12-13H,3-11,16H2,1-2H3.